The molecule has 1 atom stereocenters. The van der Waals surface area contributed by atoms with Gasteiger partial charge in [-0.1, -0.05) is 13.0 Å². The highest BCUT2D eigenvalue weighted by atomic mass is 19.1. The number of ether oxygens (including phenoxy) is 1. The maximum Gasteiger partial charge on any atom is 0.126 e. The van der Waals surface area contributed by atoms with E-state index in [-0.39, 0.29) is 5.82 Å². The number of nitrogens with two attached hydrogens (primary N) is 1. The van der Waals surface area contributed by atoms with Crippen molar-refractivity contribution in [1.82, 2.24) is 0 Å². The number of methoxy groups -OCH3 is 1. The summed E-state index contributed by atoms with van der Waals surface area (Å²) >= 11 is 0. The lowest BCUT2D eigenvalue weighted by molar-refractivity contribution is 0.380. The Hall–Kier alpha value is -1.09. The van der Waals surface area contributed by atoms with E-state index in [9.17, 15) is 4.39 Å². The third-order valence-electron chi connectivity index (χ3n) is 2.51. The van der Waals surface area contributed by atoms with Crippen LogP contribution in [0.15, 0.2) is 18.2 Å². The lowest BCUT2D eigenvalue weighted by Gasteiger charge is -2.25. The van der Waals surface area contributed by atoms with Crippen LogP contribution in [0.3, 0.4) is 0 Å². The van der Waals surface area contributed by atoms with Gasteiger partial charge in [0, 0.05) is 17.2 Å². The van der Waals surface area contributed by atoms with Crippen LogP contribution in [-0.2, 0) is 5.54 Å². The van der Waals surface area contributed by atoms with Crippen molar-refractivity contribution in [3.8, 4) is 5.75 Å². The van der Waals surface area contributed by atoms with Crippen LogP contribution >= 0.6 is 0 Å². The largest absolute Gasteiger partial charge is 0.496 e. The minimum absolute atomic E-state index is 0.308. The first-order chi connectivity index (χ1) is 6.51. The normalized spacial score (nSPS) is 14.9. The van der Waals surface area contributed by atoms with Crippen molar-refractivity contribution in [2.24, 2.45) is 5.73 Å². The molecule has 0 fully saturated rings. The fourth-order valence-corrected chi connectivity index (χ4v) is 1.33. The van der Waals surface area contributed by atoms with Gasteiger partial charge in [-0.05, 0) is 19.4 Å². The Labute approximate surface area is 83.9 Å². The summed E-state index contributed by atoms with van der Waals surface area (Å²) in [6.45, 7) is 3.89. The molecule has 0 unspecified atom stereocenters. The molecule has 0 spiro atoms. The third-order valence-corrected chi connectivity index (χ3v) is 2.51. The second kappa shape index (κ2) is 3.96. The summed E-state index contributed by atoms with van der Waals surface area (Å²) in [5, 5.41) is 0. The maximum absolute atomic E-state index is 12.9. The third kappa shape index (κ3) is 2.04. The van der Waals surface area contributed by atoms with Crippen LogP contribution in [0.2, 0.25) is 0 Å². The minimum Gasteiger partial charge on any atom is -0.496 e. The molecule has 1 aromatic rings. The second-order valence-electron chi connectivity index (χ2n) is 3.62. The second-order valence-corrected chi connectivity index (χ2v) is 3.62. The Morgan fingerprint density at radius 1 is 1.50 bits per heavy atom. The van der Waals surface area contributed by atoms with Crippen molar-refractivity contribution < 1.29 is 9.13 Å². The van der Waals surface area contributed by atoms with E-state index in [1.807, 2.05) is 13.8 Å². The molecule has 0 saturated carbocycles. The van der Waals surface area contributed by atoms with Crippen LogP contribution in [0.4, 0.5) is 4.39 Å². The number of hydrogen-bond donors (Lipinski definition) is 1. The molecule has 78 valence electrons. The van der Waals surface area contributed by atoms with Crippen molar-refractivity contribution >= 4 is 0 Å². The van der Waals surface area contributed by atoms with Crippen LogP contribution in [0.5, 0.6) is 5.75 Å². The molecule has 1 aromatic carbocycles. The van der Waals surface area contributed by atoms with Gasteiger partial charge in [-0.3, -0.25) is 0 Å². The van der Waals surface area contributed by atoms with Gasteiger partial charge in [-0.15, -0.1) is 0 Å². The molecule has 0 amide bonds. The Morgan fingerprint density at radius 3 is 2.64 bits per heavy atom. The highest BCUT2D eigenvalue weighted by molar-refractivity contribution is 5.38. The van der Waals surface area contributed by atoms with Crippen molar-refractivity contribution in [3.63, 3.8) is 0 Å². The van der Waals surface area contributed by atoms with E-state index in [0.29, 0.717) is 5.75 Å². The van der Waals surface area contributed by atoms with Crippen molar-refractivity contribution in [3.05, 3.63) is 29.6 Å². The Morgan fingerprint density at radius 2 is 2.14 bits per heavy atom. The average Bonchev–Trinajstić information content (AvgIpc) is 2.17. The first-order valence-corrected chi connectivity index (χ1v) is 4.64. The van der Waals surface area contributed by atoms with Crippen LogP contribution < -0.4 is 10.5 Å². The number of benzene rings is 1. The van der Waals surface area contributed by atoms with Gasteiger partial charge >= 0.3 is 0 Å². The summed E-state index contributed by atoms with van der Waals surface area (Å²) in [6, 6.07) is 4.44. The molecule has 0 aromatic heterocycles. The standard InChI is InChI=1S/C11H16FNO/c1-4-11(2,13)9-6-5-8(12)7-10(9)14-3/h5-7H,4,13H2,1-3H3/t11-/m1/s1. The van der Waals surface area contributed by atoms with Gasteiger partial charge in [0.25, 0.3) is 0 Å². The molecule has 0 bridgehead atoms. The SMILES string of the molecule is CC[C@@](C)(N)c1ccc(F)cc1OC. The molecule has 14 heavy (non-hydrogen) atoms. The number of rotatable bonds is 3. The van der Waals surface area contributed by atoms with Gasteiger partial charge < -0.3 is 10.5 Å². The molecule has 0 aliphatic carbocycles. The predicted molar refractivity (Wildman–Crippen MR) is 54.8 cm³/mol. The van der Waals surface area contributed by atoms with Gasteiger partial charge in [0.05, 0.1) is 7.11 Å². The molecular formula is C11H16FNO. The first-order valence-electron chi connectivity index (χ1n) is 4.64. The molecule has 2 N–H and O–H groups in total. The van der Waals surface area contributed by atoms with E-state index in [1.165, 1.54) is 19.2 Å². The van der Waals surface area contributed by atoms with Crippen LogP contribution in [0.1, 0.15) is 25.8 Å². The summed E-state index contributed by atoms with van der Waals surface area (Å²) in [5.41, 5.74) is 6.43. The van der Waals surface area contributed by atoms with E-state index in [0.717, 1.165) is 12.0 Å². The lowest BCUT2D eigenvalue weighted by Crippen LogP contribution is -2.32. The summed E-state index contributed by atoms with van der Waals surface area (Å²) in [6.07, 6.45) is 0.773. The molecule has 0 heterocycles. The molecule has 0 aliphatic rings. The topological polar surface area (TPSA) is 35.2 Å². The van der Waals surface area contributed by atoms with Crippen LogP contribution in [0.25, 0.3) is 0 Å². The van der Waals surface area contributed by atoms with Gasteiger partial charge in [-0.2, -0.15) is 0 Å². The summed E-state index contributed by atoms with van der Waals surface area (Å²) in [4.78, 5) is 0. The first kappa shape index (κ1) is 11.0. The summed E-state index contributed by atoms with van der Waals surface area (Å²) < 4.78 is 18.0. The van der Waals surface area contributed by atoms with E-state index >= 15 is 0 Å². The molecule has 0 saturated heterocycles. The highest BCUT2D eigenvalue weighted by Crippen LogP contribution is 2.30. The van der Waals surface area contributed by atoms with E-state index in [1.54, 1.807) is 6.07 Å². The fourth-order valence-electron chi connectivity index (χ4n) is 1.33. The summed E-state index contributed by atoms with van der Waals surface area (Å²) in [7, 11) is 1.52. The zero-order valence-corrected chi connectivity index (χ0v) is 8.80. The molecule has 0 aliphatic heterocycles. The monoisotopic (exact) mass is 197 g/mol. The van der Waals surface area contributed by atoms with Gasteiger partial charge in [0.2, 0.25) is 0 Å². The Balaban J connectivity index is 3.20. The minimum atomic E-state index is -0.473. The highest BCUT2D eigenvalue weighted by Gasteiger charge is 2.22. The van der Waals surface area contributed by atoms with E-state index < -0.39 is 5.54 Å². The number of halogens is 1. The Kier molecular flexibility index (Phi) is 3.11. The summed E-state index contributed by atoms with van der Waals surface area (Å²) in [5.74, 6) is 0.203. The van der Waals surface area contributed by atoms with E-state index in [2.05, 4.69) is 0 Å². The molecule has 0 radical (unpaired) electrons. The van der Waals surface area contributed by atoms with Gasteiger partial charge in [0.15, 0.2) is 0 Å². The molecule has 1 rings (SSSR count). The molecule has 2 nitrogen and oxygen atoms in total. The molecular weight excluding hydrogens is 181 g/mol. The van der Waals surface area contributed by atoms with Crippen molar-refractivity contribution in [1.29, 1.82) is 0 Å². The molecule has 3 heteroatoms. The quantitative estimate of drug-likeness (QED) is 0.807. The maximum atomic E-state index is 12.9. The smallest absolute Gasteiger partial charge is 0.126 e. The fraction of sp³-hybridized carbons (Fsp3) is 0.455. The number of hydrogen-bond acceptors (Lipinski definition) is 2. The van der Waals surface area contributed by atoms with Crippen LogP contribution in [-0.4, -0.2) is 7.11 Å². The zero-order valence-electron chi connectivity index (χ0n) is 8.80. The van der Waals surface area contributed by atoms with E-state index in [4.69, 9.17) is 10.5 Å². The van der Waals surface area contributed by atoms with Gasteiger partial charge in [0.1, 0.15) is 11.6 Å². The van der Waals surface area contributed by atoms with Crippen LogP contribution in [0, 0.1) is 5.82 Å². The van der Waals surface area contributed by atoms with Crippen molar-refractivity contribution in [2.75, 3.05) is 7.11 Å². The Bertz CT molecular complexity index is 323. The predicted octanol–water partition coefficient (Wildman–Crippen LogP) is 2.42. The van der Waals surface area contributed by atoms with Crippen molar-refractivity contribution in [2.45, 2.75) is 25.8 Å². The lowest BCUT2D eigenvalue weighted by atomic mass is 9.90. The zero-order chi connectivity index (χ0) is 10.8. The van der Waals surface area contributed by atoms with Gasteiger partial charge in [-0.25, -0.2) is 4.39 Å². The average molecular weight is 197 g/mol.